The maximum absolute atomic E-state index is 2.59. The van der Waals surface area contributed by atoms with Gasteiger partial charge < -0.3 is 4.40 Å². The summed E-state index contributed by atoms with van der Waals surface area (Å²) in [4.78, 5) is 0. The SMILES string of the molecule is Cc1ccc2c3c(CC(C)(C)C)cc4cc[n+](C)c5c6c(C)c(C)cc(C)c6n(c2c1)c3c45. The van der Waals surface area contributed by atoms with Gasteiger partial charge >= 0.3 is 0 Å². The van der Waals surface area contributed by atoms with Crippen molar-refractivity contribution in [2.75, 3.05) is 0 Å². The van der Waals surface area contributed by atoms with Crippen LogP contribution in [0.2, 0.25) is 0 Å². The number of fused-ring (bicyclic) bond motifs is 6. The summed E-state index contributed by atoms with van der Waals surface area (Å²) < 4.78 is 4.93. The first kappa shape index (κ1) is 20.5. The fourth-order valence-electron chi connectivity index (χ4n) is 6.15. The highest BCUT2D eigenvalue weighted by Crippen LogP contribution is 2.44. The molecule has 3 aromatic carbocycles. The highest BCUT2D eigenvalue weighted by molar-refractivity contribution is 6.28. The van der Waals surface area contributed by atoms with Crippen molar-refractivity contribution in [3.63, 3.8) is 0 Å². The number of pyridine rings is 2. The third kappa shape index (κ3) is 2.70. The first-order valence-corrected chi connectivity index (χ1v) is 12.1. The van der Waals surface area contributed by atoms with Gasteiger partial charge in [-0.05, 0) is 84.9 Å². The van der Waals surface area contributed by atoms with Crippen LogP contribution in [0.3, 0.4) is 0 Å². The Morgan fingerprint density at radius 3 is 2.30 bits per heavy atom. The molecule has 0 aliphatic heterocycles. The molecule has 6 rings (SSSR count). The van der Waals surface area contributed by atoms with Gasteiger partial charge in [0.15, 0.2) is 6.20 Å². The third-order valence-electron chi connectivity index (χ3n) is 7.56. The van der Waals surface area contributed by atoms with Crippen LogP contribution in [0.1, 0.15) is 48.6 Å². The number of benzene rings is 3. The minimum Gasteiger partial charge on any atom is -0.307 e. The molecule has 0 aliphatic rings. The number of hydrogen-bond donors (Lipinski definition) is 0. The second-order valence-electron chi connectivity index (χ2n) is 11.5. The number of aryl methyl sites for hydroxylation is 5. The van der Waals surface area contributed by atoms with E-state index in [1.54, 1.807) is 0 Å². The molecular formula is C31H33N2+. The smallest absolute Gasteiger partial charge is 0.224 e. The highest BCUT2D eigenvalue weighted by atomic mass is 15.0. The Morgan fingerprint density at radius 2 is 1.58 bits per heavy atom. The summed E-state index contributed by atoms with van der Waals surface area (Å²) in [5.41, 5.74) is 12.5. The summed E-state index contributed by atoms with van der Waals surface area (Å²) in [5, 5.41) is 6.93. The van der Waals surface area contributed by atoms with Gasteiger partial charge in [-0.25, -0.2) is 4.57 Å². The maximum atomic E-state index is 2.59. The Bertz CT molecular complexity index is 1760. The van der Waals surface area contributed by atoms with Gasteiger partial charge in [-0.15, -0.1) is 0 Å². The van der Waals surface area contributed by atoms with Crippen LogP contribution in [0.4, 0.5) is 0 Å². The van der Waals surface area contributed by atoms with Gasteiger partial charge in [0.25, 0.3) is 0 Å². The van der Waals surface area contributed by atoms with E-state index in [1.807, 2.05) is 0 Å². The van der Waals surface area contributed by atoms with Crippen molar-refractivity contribution in [1.29, 1.82) is 0 Å². The first-order valence-electron chi connectivity index (χ1n) is 12.1. The van der Waals surface area contributed by atoms with Crippen LogP contribution in [-0.4, -0.2) is 4.40 Å². The second kappa shape index (κ2) is 6.47. The highest BCUT2D eigenvalue weighted by Gasteiger charge is 2.28. The predicted molar refractivity (Wildman–Crippen MR) is 142 cm³/mol. The molecule has 33 heavy (non-hydrogen) atoms. The lowest BCUT2D eigenvalue weighted by Crippen LogP contribution is -2.29. The molecule has 0 radical (unpaired) electrons. The quantitative estimate of drug-likeness (QED) is 0.143. The lowest BCUT2D eigenvalue weighted by molar-refractivity contribution is -0.643. The van der Waals surface area contributed by atoms with Gasteiger partial charge in [-0.1, -0.05) is 39.0 Å². The van der Waals surface area contributed by atoms with Crippen molar-refractivity contribution in [3.8, 4) is 0 Å². The molecule has 0 aliphatic carbocycles. The van der Waals surface area contributed by atoms with E-state index in [1.165, 1.54) is 76.8 Å². The van der Waals surface area contributed by atoms with E-state index in [0.29, 0.717) is 0 Å². The van der Waals surface area contributed by atoms with E-state index in [9.17, 15) is 0 Å². The van der Waals surface area contributed by atoms with E-state index >= 15 is 0 Å². The van der Waals surface area contributed by atoms with Gasteiger partial charge in [0.05, 0.1) is 27.3 Å². The van der Waals surface area contributed by atoms with Crippen molar-refractivity contribution < 1.29 is 4.57 Å². The summed E-state index contributed by atoms with van der Waals surface area (Å²) in [6.07, 6.45) is 3.30. The van der Waals surface area contributed by atoms with Gasteiger partial charge in [0.1, 0.15) is 7.05 Å². The number of rotatable bonds is 1. The van der Waals surface area contributed by atoms with Crippen LogP contribution in [-0.2, 0) is 13.5 Å². The van der Waals surface area contributed by atoms with Gasteiger partial charge in [0, 0.05) is 16.8 Å². The van der Waals surface area contributed by atoms with E-state index in [-0.39, 0.29) is 5.41 Å². The van der Waals surface area contributed by atoms with Gasteiger partial charge in [0.2, 0.25) is 5.52 Å². The van der Waals surface area contributed by atoms with Crippen molar-refractivity contribution in [2.45, 2.75) is 54.9 Å². The zero-order chi connectivity index (χ0) is 23.4. The minimum absolute atomic E-state index is 0.216. The third-order valence-corrected chi connectivity index (χ3v) is 7.56. The zero-order valence-corrected chi connectivity index (χ0v) is 21.1. The standard InChI is InChI=1S/C31H33N2/c1-17-9-10-23-24(13-17)33-28-19(3)14-18(2)20(4)25(28)29-27-21(11-12-32(29)8)15-22(16-31(5,6)7)26(23)30(27)33/h9-15H,16H2,1-8H3/q+1. The first-order chi connectivity index (χ1) is 15.6. The minimum atomic E-state index is 0.216. The van der Waals surface area contributed by atoms with Gasteiger partial charge in [-0.3, -0.25) is 0 Å². The monoisotopic (exact) mass is 433 g/mol. The summed E-state index contributed by atoms with van der Waals surface area (Å²) >= 11 is 0. The molecule has 0 saturated heterocycles. The zero-order valence-electron chi connectivity index (χ0n) is 21.1. The van der Waals surface area contributed by atoms with Crippen LogP contribution in [0.5, 0.6) is 0 Å². The van der Waals surface area contributed by atoms with Crippen LogP contribution >= 0.6 is 0 Å². The lowest BCUT2D eigenvalue weighted by atomic mass is 9.85. The Labute approximate surface area is 195 Å². The molecule has 6 aromatic rings. The number of aromatic nitrogens is 2. The molecular weight excluding hydrogens is 400 g/mol. The van der Waals surface area contributed by atoms with E-state index in [4.69, 9.17) is 0 Å². The van der Waals surface area contributed by atoms with Crippen molar-refractivity contribution in [2.24, 2.45) is 12.5 Å². The fraction of sp³-hybridized carbons (Fsp3) is 0.323. The van der Waals surface area contributed by atoms with Crippen molar-refractivity contribution in [1.82, 2.24) is 4.40 Å². The van der Waals surface area contributed by atoms with Crippen LogP contribution < -0.4 is 4.57 Å². The van der Waals surface area contributed by atoms with E-state index < -0.39 is 0 Å². The van der Waals surface area contributed by atoms with Crippen molar-refractivity contribution in [3.05, 3.63) is 70.4 Å². The maximum Gasteiger partial charge on any atom is 0.224 e. The summed E-state index contributed by atoms with van der Waals surface area (Å²) in [6, 6.07) is 14.2. The van der Waals surface area contributed by atoms with E-state index in [2.05, 4.69) is 107 Å². The van der Waals surface area contributed by atoms with Crippen LogP contribution in [0, 0.1) is 33.1 Å². The molecule has 3 heterocycles. The van der Waals surface area contributed by atoms with E-state index in [0.717, 1.165) is 6.42 Å². The fourth-order valence-corrected chi connectivity index (χ4v) is 6.15. The van der Waals surface area contributed by atoms with Crippen LogP contribution in [0.15, 0.2) is 42.6 Å². The number of hydrogen-bond acceptors (Lipinski definition) is 0. The largest absolute Gasteiger partial charge is 0.307 e. The topological polar surface area (TPSA) is 8.29 Å². The second-order valence-corrected chi connectivity index (χ2v) is 11.5. The Morgan fingerprint density at radius 1 is 0.818 bits per heavy atom. The Hall–Kier alpha value is -3.13. The summed E-state index contributed by atoms with van der Waals surface area (Å²) in [7, 11) is 2.20. The summed E-state index contributed by atoms with van der Waals surface area (Å²) in [6.45, 7) is 16.1. The summed E-state index contributed by atoms with van der Waals surface area (Å²) in [5.74, 6) is 0. The average molecular weight is 434 g/mol. The molecule has 166 valence electrons. The Balaban J connectivity index is 2.06. The Kier molecular flexibility index (Phi) is 4.01. The molecule has 2 heteroatoms. The van der Waals surface area contributed by atoms with Crippen LogP contribution in [0.25, 0.3) is 49.0 Å². The average Bonchev–Trinajstić information content (AvgIpc) is 3.06. The number of nitrogens with zero attached hydrogens (tertiary/aromatic N) is 2. The van der Waals surface area contributed by atoms with Crippen molar-refractivity contribution >= 4 is 49.0 Å². The lowest BCUT2D eigenvalue weighted by Gasteiger charge is -2.21. The molecule has 0 atom stereocenters. The molecule has 0 spiro atoms. The molecule has 0 amide bonds. The molecule has 2 nitrogen and oxygen atoms in total. The normalized spacial score (nSPS) is 13.0. The predicted octanol–water partition coefficient (Wildman–Crippen LogP) is 7.64. The van der Waals surface area contributed by atoms with Gasteiger partial charge in [-0.2, -0.15) is 0 Å². The molecule has 3 aromatic heterocycles. The molecule has 0 saturated carbocycles. The molecule has 0 bridgehead atoms. The molecule has 0 N–H and O–H groups in total. The molecule has 0 unspecified atom stereocenters. The molecule has 0 fully saturated rings.